The van der Waals surface area contributed by atoms with E-state index in [1.54, 1.807) is 12.1 Å². The quantitative estimate of drug-likeness (QED) is 0.706. The molecule has 0 fully saturated rings. The van der Waals surface area contributed by atoms with Crippen molar-refractivity contribution >= 4 is 20.9 Å². The Morgan fingerprint density at radius 1 is 1.08 bits per heavy atom. The Hall–Kier alpha value is -2.78. The van der Waals surface area contributed by atoms with Crippen LogP contribution in [0.15, 0.2) is 61.4 Å². The highest BCUT2D eigenvalue weighted by Crippen LogP contribution is 2.14. The number of aromatic amines is 1. The van der Waals surface area contributed by atoms with E-state index in [0.717, 1.165) is 11.6 Å². The molecule has 2 N–H and O–H groups in total. The number of nitrogens with one attached hydrogen (secondary N) is 2. The molecule has 1 heterocycles. The third kappa shape index (κ3) is 3.83. The highest BCUT2D eigenvalue weighted by Gasteiger charge is 2.15. The fourth-order valence-corrected chi connectivity index (χ4v) is 3.36. The van der Waals surface area contributed by atoms with E-state index in [4.69, 9.17) is 0 Å². The number of aromatic nitrogens is 1. The minimum atomic E-state index is -3.85. The smallest absolute Gasteiger partial charge is 0.372 e. The van der Waals surface area contributed by atoms with E-state index in [9.17, 15) is 22.4 Å². The molecule has 25 heavy (non-hydrogen) atoms. The number of sulfonamides is 1. The summed E-state index contributed by atoms with van der Waals surface area (Å²) >= 11 is 0. The zero-order chi connectivity index (χ0) is 18.0. The van der Waals surface area contributed by atoms with Crippen molar-refractivity contribution in [2.45, 2.75) is 11.3 Å². The third-order valence-electron chi connectivity index (χ3n) is 3.56. The summed E-state index contributed by atoms with van der Waals surface area (Å²) in [6.07, 6.45) is 0.378. The molecular weight excluding hydrogens is 351 g/mol. The van der Waals surface area contributed by atoms with Gasteiger partial charge in [0.1, 0.15) is 5.82 Å². The number of hydrogen-bond donors (Lipinski definition) is 2. The molecule has 9 heteroatoms. The molecule has 0 spiro atoms. The van der Waals surface area contributed by atoms with Crippen LogP contribution in [0.3, 0.4) is 0 Å². The lowest BCUT2D eigenvalue weighted by Crippen LogP contribution is -2.26. The van der Waals surface area contributed by atoms with Gasteiger partial charge in [0, 0.05) is 6.54 Å². The molecule has 0 bridgehead atoms. The summed E-state index contributed by atoms with van der Waals surface area (Å²) in [7, 11) is -3.85. The van der Waals surface area contributed by atoms with Crippen LogP contribution in [-0.2, 0) is 16.4 Å². The van der Waals surface area contributed by atoms with Crippen LogP contribution in [0.1, 0.15) is 5.56 Å². The van der Waals surface area contributed by atoms with Gasteiger partial charge in [-0.1, -0.05) is 12.1 Å². The van der Waals surface area contributed by atoms with Crippen LogP contribution in [0.4, 0.5) is 4.39 Å². The molecule has 0 atom stereocenters. The number of fused-ring (bicyclic) bond motifs is 1. The Bertz CT molecular complexity index is 1130. The SMILES string of the molecule is O=c1[nH]c2ccc(S(=O)(=O)NCCc3ccc(F)cc3)cc2c(=O)o1. The van der Waals surface area contributed by atoms with Gasteiger partial charge >= 0.3 is 11.4 Å². The van der Waals surface area contributed by atoms with Crippen LogP contribution in [0.25, 0.3) is 10.9 Å². The minimum Gasteiger partial charge on any atom is -0.372 e. The normalized spacial score (nSPS) is 11.7. The summed E-state index contributed by atoms with van der Waals surface area (Å²) in [5.41, 5.74) is 0.0504. The predicted octanol–water partition coefficient (Wildman–Crippen LogP) is 1.14. The Balaban J connectivity index is 1.80. The van der Waals surface area contributed by atoms with Crippen LogP contribution >= 0.6 is 0 Å². The van der Waals surface area contributed by atoms with Gasteiger partial charge in [-0.05, 0) is 42.3 Å². The molecule has 0 saturated heterocycles. The van der Waals surface area contributed by atoms with E-state index in [1.807, 2.05) is 0 Å². The van der Waals surface area contributed by atoms with Crippen molar-refractivity contribution in [3.05, 3.63) is 74.8 Å². The first-order chi connectivity index (χ1) is 11.8. The van der Waals surface area contributed by atoms with E-state index in [2.05, 4.69) is 14.1 Å². The lowest BCUT2D eigenvalue weighted by molar-refractivity contribution is 0.460. The highest BCUT2D eigenvalue weighted by molar-refractivity contribution is 7.89. The molecular formula is C16H13FN2O5S. The Labute approximate surface area is 141 Å². The lowest BCUT2D eigenvalue weighted by Gasteiger charge is -2.07. The van der Waals surface area contributed by atoms with Crippen LogP contribution in [0, 0.1) is 5.82 Å². The van der Waals surface area contributed by atoms with Gasteiger partial charge in [-0.3, -0.25) is 4.98 Å². The van der Waals surface area contributed by atoms with Crippen molar-refractivity contribution in [3.8, 4) is 0 Å². The van der Waals surface area contributed by atoms with Gasteiger partial charge in [-0.15, -0.1) is 0 Å². The van der Waals surface area contributed by atoms with Crippen LogP contribution in [0.5, 0.6) is 0 Å². The Morgan fingerprint density at radius 3 is 2.52 bits per heavy atom. The number of rotatable bonds is 5. The Kier molecular flexibility index (Phi) is 4.51. The second kappa shape index (κ2) is 6.61. The number of halogens is 1. The van der Waals surface area contributed by atoms with E-state index in [0.29, 0.717) is 6.42 Å². The number of hydrogen-bond acceptors (Lipinski definition) is 5. The number of benzene rings is 2. The maximum absolute atomic E-state index is 12.8. The molecule has 0 unspecified atom stereocenters. The molecule has 3 aromatic rings. The zero-order valence-corrected chi connectivity index (χ0v) is 13.6. The van der Waals surface area contributed by atoms with Crippen molar-refractivity contribution < 1.29 is 17.2 Å². The first-order valence-corrected chi connectivity index (χ1v) is 8.75. The van der Waals surface area contributed by atoms with Gasteiger partial charge < -0.3 is 4.42 Å². The molecule has 0 saturated carbocycles. The minimum absolute atomic E-state index is 0.0407. The topological polar surface area (TPSA) is 109 Å². The fraction of sp³-hybridized carbons (Fsp3) is 0.125. The van der Waals surface area contributed by atoms with Gasteiger partial charge in [0.25, 0.3) is 0 Å². The molecule has 0 amide bonds. The molecule has 2 aromatic carbocycles. The van der Waals surface area contributed by atoms with Crippen molar-refractivity contribution in [2.75, 3.05) is 6.54 Å². The van der Waals surface area contributed by atoms with Crippen molar-refractivity contribution in [2.24, 2.45) is 0 Å². The average molecular weight is 364 g/mol. The summed E-state index contributed by atoms with van der Waals surface area (Å²) in [5.74, 6) is -1.28. The van der Waals surface area contributed by atoms with Gasteiger partial charge in [0.2, 0.25) is 10.0 Å². The van der Waals surface area contributed by atoms with Crippen molar-refractivity contribution in [3.63, 3.8) is 0 Å². The van der Waals surface area contributed by atoms with Crippen LogP contribution in [0.2, 0.25) is 0 Å². The predicted molar refractivity (Wildman–Crippen MR) is 88.4 cm³/mol. The van der Waals surface area contributed by atoms with Crippen molar-refractivity contribution in [1.82, 2.24) is 9.71 Å². The molecule has 0 aliphatic heterocycles. The molecule has 0 radical (unpaired) electrons. The fourth-order valence-electron chi connectivity index (χ4n) is 2.31. The van der Waals surface area contributed by atoms with Crippen LogP contribution < -0.4 is 16.1 Å². The number of H-pyrrole nitrogens is 1. The molecule has 130 valence electrons. The molecule has 0 aliphatic rings. The highest BCUT2D eigenvalue weighted by atomic mass is 32.2. The second-order valence-corrected chi connectivity index (χ2v) is 7.05. The summed E-state index contributed by atoms with van der Waals surface area (Å²) in [5, 5.41) is -0.0407. The maximum Gasteiger partial charge on any atom is 0.419 e. The zero-order valence-electron chi connectivity index (χ0n) is 12.8. The van der Waals surface area contributed by atoms with E-state index < -0.39 is 21.4 Å². The van der Waals surface area contributed by atoms with Gasteiger partial charge in [0.05, 0.1) is 15.8 Å². The lowest BCUT2D eigenvalue weighted by atomic mass is 10.1. The molecule has 1 aromatic heterocycles. The van der Waals surface area contributed by atoms with Crippen LogP contribution in [-0.4, -0.2) is 19.9 Å². The van der Waals surface area contributed by atoms with E-state index in [1.165, 1.54) is 24.3 Å². The van der Waals surface area contributed by atoms with Gasteiger partial charge in [-0.2, -0.15) is 0 Å². The summed E-state index contributed by atoms with van der Waals surface area (Å²) in [4.78, 5) is 25.0. The third-order valence-corrected chi connectivity index (χ3v) is 5.02. The first kappa shape index (κ1) is 17.1. The monoisotopic (exact) mass is 364 g/mol. The van der Waals surface area contributed by atoms with Crippen molar-refractivity contribution in [1.29, 1.82) is 0 Å². The first-order valence-electron chi connectivity index (χ1n) is 7.26. The summed E-state index contributed by atoms with van der Waals surface area (Å²) in [6, 6.07) is 9.47. The van der Waals surface area contributed by atoms with Gasteiger partial charge in [-0.25, -0.2) is 27.1 Å². The van der Waals surface area contributed by atoms with E-state index >= 15 is 0 Å². The second-order valence-electron chi connectivity index (χ2n) is 5.28. The Morgan fingerprint density at radius 2 is 1.80 bits per heavy atom. The standard InChI is InChI=1S/C16H13FN2O5S/c17-11-3-1-10(2-4-11)7-8-18-25(22,23)12-5-6-14-13(9-12)15(20)24-16(21)19-14/h1-6,9,18H,7-8H2,(H,19,21). The van der Waals surface area contributed by atoms with E-state index in [-0.39, 0.29) is 28.2 Å². The summed E-state index contributed by atoms with van der Waals surface area (Å²) in [6.45, 7) is 0.103. The molecule has 3 rings (SSSR count). The maximum atomic E-state index is 12.8. The summed E-state index contributed by atoms with van der Waals surface area (Å²) < 4.78 is 44.3. The van der Waals surface area contributed by atoms with Gasteiger partial charge in [0.15, 0.2) is 0 Å². The molecule has 0 aliphatic carbocycles. The largest absolute Gasteiger partial charge is 0.419 e. The molecule has 7 nitrogen and oxygen atoms in total. The average Bonchev–Trinajstić information content (AvgIpc) is 2.56.